The van der Waals surface area contributed by atoms with Crippen molar-refractivity contribution in [1.82, 2.24) is 5.32 Å². The van der Waals surface area contributed by atoms with E-state index in [-0.39, 0.29) is 0 Å². The van der Waals surface area contributed by atoms with E-state index in [1.807, 2.05) is 30.3 Å². The maximum atomic E-state index is 6.04. The second kappa shape index (κ2) is 12.3. The molecule has 0 fully saturated rings. The minimum atomic E-state index is 0.435. The summed E-state index contributed by atoms with van der Waals surface area (Å²) in [4.78, 5) is 0. The molecular formula is C22H29BrClNO2. The van der Waals surface area contributed by atoms with E-state index < -0.39 is 0 Å². The zero-order valence-corrected chi connectivity index (χ0v) is 18.5. The van der Waals surface area contributed by atoms with E-state index >= 15 is 0 Å². The predicted molar refractivity (Wildman–Crippen MR) is 117 cm³/mol. The van der Waals surface area contributed by atoms with Crippen LogP contribution >= 0.6 is 27.5 Å². The van der Waals surface area contributed by atoms with E-state index in [0.717, 1.165) is 28.9 Å². The van der Waals surface area contributed by atoms with Gasteiger partial charge in [-0.2, -0.15) is 0 Å². The second-order valence-electron chi connectivity index (χ2n) is 6.62. The Bertz CT molecular complexity index is 709. The van der Waals surface area contributed by atoms with Gasteiger partial charge >= 0.3 is 0 Å². The summed E-state index contributed by atoms with van der Waals surface area (Å²) >= 11 is 9.66. The Labute approximate surface area is 176 Å². The SMILES string of the molecule is CCCCCCCNCc1cc(Br)c(OCc2cccc(Cl)c2)c(OC)c1. The minimum Gasteiger partial charge on any atom is -0.493 e. The Kier molecular flexibility index (Phi) is 10.0. The third-order valence-corrected chi connectivity index (χ3v) is 5.17. The first kappa shape index (κ1) is 22.1. The summed E-state index contributed by atoms with van der Waals surface area (Å²) in [6.07, 6.45) is 6.47. The highest BCUT2D eigenvalue weighted by molar-refractivity contribution is 9.10. The lowest BCUT2D eigenvalue weighted by atomic mass is 10.1. The Balaban J connectivity index is 1.90. The van der Waals surface area contributed by atoms with Crippen molar-refractivity contribution >= 4 is 27.5 Å². The number of unbranched alkanes of at least 4 members (excludes halogenated alkanes) is 4. The maximum absolute atomic E-state index is 6.04. The highest BCUT2D eigenvalue weighted by atomic mass is 79.9. The van der Waals surface area contributed by atoms with E-state index in [2.05, 4.69) is 34.2 Å². The lowest BCUT2D eigenvalue weighted by molar-refractivity contribution is 0.282. The zero-order chi connectivity index (χ0) is 19.5. The fraction of sp³-hybridized carbons (Fsp3) is 0.455. The Morgan fingerprint density at radius 1 is 1.04 bits per heavy atom. The lowest BCUT2D eigenvalue weighted by Gasteiger charge is -2.15. The molecule has 0 unspecified atom stereocenters. The number of nitrogens with one attached hydrogen (secondary N) is 1. The highest BCUT2D eigenvalue weighted by Crippen LogP contribution is 2.37. The van der Waals surface area contributed by atoms with Gasteiger partial charge in [-0.25, -0.2) is 0 Å². The van der Waals surface area contributed by atoms with Gasteiger partial charge in [0.25, 0.3) is 0 Å². The first-order valence-electron chi connectivity index (χ1n) is 9.58. The monoisotopic (exact) mass is 453 g/mol. The van der Waals surface area contributed by atoms with Crippen LogP contribution in [0.2, 0.25) is 5.02 Å². The van der Waals surface area contributed by atoms with Crippen LogP contribution in [0.4, 0.5) is 0 Å². The van der Waals surface area contributed by atoms with Crippen LogP contribution < -0.4 is 14.8 Å². The summed E-state index contributed by atoms with van der Waals surface area (Å²) in [7, 11) is 1.67. The third-order valence-electron chi connectivity index (χ3n) is 4.35. The van der Waals surface area contributed by atoms with Gasteiger partial charge < -0.3 is 14.8 Å². The molecule has 0 aliphatic rings. The summed E-state index contributed by atoms with van der Waals surface area (Å²) in [6.45, 7) is 4.53. The summed E-state index contributed by atoms with van der Waals surface area (Å²) < 4.78 is 12.4. The molecule has 0 saturated carbocycles. The molecule has 27 heavy (non-hydrogen) atoms. The molecule has 0 aromatic heterocycles. The van der Waals surface area contributed by atoms with Crippen LogP contribution in [-0.4, -0.2) is 13.7 Å². The Hall–Kier alpha value is -1.23. The average Bonchev–Trinajstić information content (AvgIpc) is 2.66. The molecule has 2 aromatic rings. The van der Waals surface area contributed by atoms with Crippen LogP contribution in [0.25, 0.3) is 0 Å². The first-order chi connectivity index (χ1) is 13.1. The lowest BCUT2D eigenvalue weighted by Crippen LogP contribution is -2.14. The van der Waals surface area contributed by atoms with Crippen LogP contribution in [0.5, 0.6) is 11.5 Å². The minimum absolute atomic E-state index is 0.435. The molecule has 2 rings (SSSR count). The molecule has 0 aliphatic heterocycles. The van der Waals surface area contributed by atoms with Gasteiger partial charge in [0.1, 0.15) is 6.61 Å². The van der Waals surface area contributed by atoms with Crippen LogP contribution in [0, 0.1) is 0 Å². The molecule has 0 atom stereocenters. The summed E-state index contributed by atoms with van der Waals surface area (Å²) in [5.74, 6) is 1.44. The predicted octanol–water partition coefficient (Wildman–Crippen LogP) is 6.75. The largest absolute Gasteiger partial charge is 0.493 e. The van der Waals surface area contributed by atoms with Crippen LogP contribution in [-0.2, 0) is 13.2 Å². The van der Waals surface area contributed by atoms with Crippen molar-refractivity contribution in [3.05, 3.63) is 57.0 Å². The van der Waals surface area contributed by atoms with Gasteiger partial charge in [0.2, 0.25) is 0 Å². The smallest absolute Gasteiger partial charge is 0.175 e. The molecule has 0 saturated heterocycles. The van der Waals surface area contributed by atoms with Crippen molar-refractivity contribution in [3.63, 3.8) is 0 Å². The van der Waals surface area contributed by atoms with Gasteiger partial charge in [-0.05, 0) is 64.3 Å². The fourth-order valence-electron chi connectivity index (χ4n) is 2.88. The molecular weight excluding hydrogens is 426 g/mol. The third kappa shape index (κ3) is 7.73. The molecule has 0 spiro atoms. The number of benzene rings is 2. The van der Waals surface area contributed by atoms with Gasteiger partial charge in [0.15, 0.2) is 11.5 Å². The van der Waals surface area contributed by atoms with Gasteiger partial charge in [-0.1, -0.05) is 56.3 Å². The van der Waals surface area contributed by atoms with E-state index in [1.165, 1.54) is 37.7 Å². The fourth-order valence-corrected chi connectivity index (χ4v) is 3.70. The molecule has 0 bridgehead atoms. The van der Waals surface area contributed by atoms with Crippen molar-refractivity contribution in [2.75, 3.05) is 13.7 Å². The summed E-state index contributed by atoms with van der Waals surface area (Å²) in [5.41, 5.74) is 2.19. The zero-order valence-electron chi connectivity index (χ0n) is 16.2. The second-order valence-corrected chi connectivity index (χ2v) is 7.91. The molecule has 3 nitrogen and oxygen atoms in total. The number of methoxy groups -OCH3 is 1. The Morgan fingerprint density at radius 3 is 2.59 bits per heavy atom. The standard InChI is InChI=1S/C22H29BrClNO2/c1-3-4-5-6-7-11-25-15-18-13-20(23)22(21(14-18)26-2)27-16-17-9-8-10-19(24)12-17/h8-10,12-14,25H,3-7,11,15-16H2,1-2H3. The molecule has 2 aromatic carbocycles. The van der Waals surface area contributed by atoms with Crippen molar-refractivity contribution < 1.29 is 9.47 Å². The average molecular weight is 455 g/mol. The number of ether oxygens (including phenoxy) is 2. The van der Waals surface area contributed by atoms with Crippen molar-refractivity contribution in [2.45, 2.75) is 52.2 Å². The maximum Gasteiger partial charge on any atom is 0.175 e. The highest BCUT2D eigenvalue weighted by Gasteiger charge is 2.12. The molecule has 0 aliphatic carbocycles. The van der Waals surface area contributed by atoms with E-state index in [0.29, 0.717) is 17.4 Å². The van der Waals surface area contributed by atoms with Gasteiger partial charge in [0.05, 0.1) is 11.6 Å². The van der Waals surface area contributed by atoms with E-state index in [1.54, 1.807) is 7.11 Å². The van der Waals surface area contributed by atoms with E-state index in [9.17, 15) is 0 Å². The van der Waals surface area contributed by atoms with Crippen LogP contribution in [0.3, 0.4) is 0 Å². The number of halogens is 2. The van der Waals surface area contributed by atoms with Gasteiger partial charge in [-0.3, -0.25) is 0 Å². The van der Waals surface area contributed by atoms with Crippen molar-refractivity contribution in [3.8, 4) is 11.5 Å². The molecule has 0 heterocycles. The molecule has 0 amide bonds. The van der Waals surface area contributed by atoms with E-state index in [4.69, 9.17) is 21.1 Å². The molecule has 0 radical (unpaired) electrons. The molecule has 1 N–H and O–H groups in total. The van der Waals surface area contributed by atoms with Crippen LogP contribution in [0.1, 0.15) is 50.2 Å². The number of hydrogen-bond donors (Lipinski definition) is 1. The van der Waals surface area contributed by atoms with Crippen molar-refractivity contribution in [1.29, 1.82) is 0 Å². The van der Waals surface area contributed by atoms with Gasteiger partial charge in [-0.15, -0.1) is 0 Å². The number of rotatable bonds is 12. The normalized spacial score (nSPS) is 10.8. The molecule has 5 heteroatoms. The summed E-state index contributed by atoms with van der Waals surface area (Å²) in [5, 5.41) is 4.22. The van der Waals surface area contributed by atoms with Crippen molar-refractivity contribution in [2.24, 2.45) is 0 Å². The molecule has 148 valence electrons. The van der Waals surface area contributed by atoms with Crippen LogP contribution in [0.15, 0.2) is 40.9 Å². The summed E-state index contributed by atoms with van der Waals surface area (Å²) in [6, 6.07) is 11.8. The topological polar surface area (TPSA) is 30.5 Å². The van der Waals surface area contributed by atoms with Gasteiger partial charge in [0, 0.05) is 11.6 Å². The number of hydrogen-bond acceptors (Lipinski definition) is 3. The quantitative estimate of drug-likeness (QED) is 0.360. The first-order valence-corrected chi connectivity index (χ1v) is 10.8. The Morgan fingerprint density at radius 2 is 1.85 bits per heavy atom.